The van der Waals surface area contributed by atoms with Gasteiger partial charge in [-0.1, -0.05) is 24.8 Å². The molecule has 0 saturated heterocycles. The second-order valence-electron chi connectivity index (χ2n) is 2.48. The third-order valence-electron chi connectivity index (χ3n) is 1.76. The molecule has 0 aromatic heterocycles. The van der Waals surface area contributed by atoms with E-state index in [2.05, 4.69) is 11.9 Å². The van der Waals surface area contributed by atoms with Gasteiger partial charge in [0.15, 0.2) is 0 Å². The number of amides is 1. The topological polar surface area (TPSA) is 29.1 Å². The summed E-state index contributed by atoms with van der Waals surface area (Å²) in [5.74, 6) is -0.0504. The number of halogens is 1. The Labute approximate surface area is 76.7 Å². The maximum atomic E-state index is 11.1. The Kier molecular flexibility index (Phi) is 2.20. The second-order valence-corrected chi connectivity index (χ2v) is 2.48. The van der Waals surface area contributed by atoms with Crippen molar-refractivity contribution in [1.29, 1.82) is 0 Å². The van der Waals surface area contributed by atoms with Crippen LogP contribution < -0.4 is 5.32 Å². The van der Waals surface area contributed by atoms with E-state index in [0.717, 1.165) is 11.1 Å². The first-order valence-electron chi connectivity index (χ1n) is 3.39. The third kappa shape index (κ3) is 1.10. The zero-order valence-corrected chi connectivity index (χ0v) is 7.15. The first-order valence-corrected chi connectivity index (χ1v) is 3.39. The highest BCUT2D eigenvalue weighted by Crippen LogP contribution is 2.21. The van der Waals surface area contributed by atoms with Gasteiger partial charge in [0.1, 0.15) is 0 Å². The van der Waals surface area contributed by atoms with Crippen molar-refractivity contribution >= 4 is 24.0 Å². The molecule has 2 nitrogen and oxygen atoms in total. The maximum Gasteiger partial charge on any atom is 0.256 e. The Morgan fingerprint density at radius 1 is 1.17 bits per heavy atom. The van der Waals surface area contributed by atoms with Gasteiger partial charge in [0, 0.05) is 16.8 Å². The Morgan fingerprint density at radius 2 is 1.75 bits per heavy atom. The molecule has 0 fully saturated rings. The van der Waals surface area contributed by atoms with Crippen molar-refractivity contribution in [3.05, 3.63) is 42.0 Å². The molecule has 0 atom stereocenters. The van der Waals surface area contributed by atoms with Gasteiger partial charge in [0.05, 0.1) is 0 Å². The van der Waals surface area contributed by atoms with Crippen LogP contribution in [-0.2, 0) is 0 Å². The lowest BCUT2D eigenvalue weighted by Crippen LogP contribution is -2.11. The Morgan fingerprint density at radius 3 is 2.33 bits per heavy atom. The van der Waals surface area contributed by atoms with Crippen LogP contribution in [-0.4, -0.2) is 5.91 Å². The van der Waals surface area contributed by atoms with Crippen LogP contribution >= 0.6 is 12.4 Å². The van der Waals surface area contributed by atoms with Crippen LogP contribution in [0.3, 0.4) is 0 Å². The van der Waals surface area contributed by atoms with Crippen LogP contribution in [0, 0.1) is 0 Å². The molecular weight excluding hydrogens is 174 g/mol. The van der Waals surface area contributed by atoms with Crippen LogP contribution in [0.25, 0.3) is 5.70 Å². The number of hydrogen-bond donors (Lipinski definition) is 1. The van der Waals surface area contributed by atoms with Crippen LogP contribution in [0.1, 0.15) is 15.9 Å². The van der Waals surface area contributed by atoms with E-state index in [4.69, 9.17) is 0 Å². The van der Waals surface area contributed by atoms with E-state index in [1.54, 1.807) is 6.07 Å². The normalized spacial score (nSPS) is 13.3. The number of carbonyl (C=O) groups excluding carboxylic acids is 1. The standard InChI is InChI=1S/C9H7NO.ClH/c1-6-7-4-2-3-5-8(7)9(11)10-6;/h2-5H,1H2,(H,10,11);1H. The van der Waals surface area contributed by atoms with E-state index < -0.39 is 0 Å². The molecule has 1 aliphatic rings. The lowest BCUT2D eigenvalue weighted by Gasteiger charge is -1.92. The molecule has 1 aromatic carbocycles. The van der Waals surface area contributed by atoms with Gasteiger partial charge in [-0.25, -0.2) is 0 Å². The Hall–Kier alpha value is -1.28. The maximum absolute atomic E-state index is 11.1. The molecule has 62 valence electrons. The molecule has 1 N–H and O–H groups in total. The quantitative estimate of drug-likeness (QED) is 0.650. The van der Waals surface area contributed by atoms with E-state index >= 15 is 0 Å². The molecule has 3 heteroatoms. The first kappa shape index (κ1) is 8.81. The van der Waals surface area contributed by atoms with Gasteiger partial charge in [-0.2, -0.15) is 0 Å². The van der Waals surface area contributed by atoms with E-state index in [9.17, 15) is 4.79 Å². The number of rotatable bonds is 0. The molecule has 1 heterocycles. The summed E-state index contributed by atoms with van der Waals surface area (Å²) in [6, 6.07) is 7.42. The minimum absolute atomic E-state index is 0. The largest absolute Gasteiger partial charge is 0.322 e. The van der Waals surface area contributed by atoms with Gasteiger partial charge in [0.2, 0.25) is 0 Å². The second kappa shape index (κ2) is 2.99. The van der Waals surface area contributed by atoms with Crippen molar-refractivity contribution in [1.82, 2.24) is 5.32 Å². The highest BCUT2D eigenvalue weighted by Gasteiger charge is 2.20. The van der Waals surface area contributed by atoms with Crippen molar-refractivity contribution in [3.63, 3.8) is 0 Å². The summed E-state index contributed by atoms with van der Waals surface area (Å²) in [6.07, 6.45) is 0. The van der Waals surface area contributed by atoms with Crippen molar-refractivity contribution < 1.29 is 4.79 Å². The van der Waals surface area contributed by atoms with Crippen molar-refractivity contribution in [3.8, 4) is 0 Å². The van der Waals surface area contributed by atoms with Crippen LogP contribution in [0.5, 0.6) is 0 Å². The minimum atomic E-state index is -0.0504. The summed E-state index contributed by atoms with van der Waals surface area (Å²) >= 11 is 0. The molecule has 1 amide bonds. The predicted molar refractivity (Wildman–Crippen MR) is 50.2 cm³/mol. The molecule has 0 saturated carbocycles. The lowest BCUT2D eigenvalue weighted by molar-refractivity contribution is 0.0981. The van der Waals surface area contributed by atoms with Crippen LogP contribution in [0.15, 0.2) is 30.8 Å². The first-order chi connectivity index (χ1) is 5.29. The molecule has 12 heavy (non-hydrogen) atoms. The fourth-order valence-corrected chi connectivity index (χ4v) is 1.22. The summed E-state index contributed by atoms with van der Waals surface area (Å²) in [5.41, 5.74) is 2.33. The molecule has 1 aromatic rings. The van der Waals surface area contributed by atoms with Gasteiger partial charge >= 0.3 is 0 Å². The summed E-state index contributed by atoms with van der Waals surface area (Å²) < 4.78 is 0. The molecule has 1 aliphatic heterocycles. The number of fused-ring (bicyclic) bond motifs is 1. The zero-order valence-electron chi connectivity index (χ0n) is 6.33. The van der Waals surface area contributed by atoms with E-state index in [1.807, 2.05) is 18.2 Å². The molecule has 0 unspecified atom stereocenters. The number of benzene rings is 1. The molecular formula is C9H8ClNO. The summed E-state index contributed by atoms with van der Waals surface area (Å²) in [5, 5.41) is 2.65. The highest BCUT2D eigenvalue weighted by molar-refractivity contribution is 6.08. The zero-order chi connectivity index (χ0) is 7.84. The Balaban J connectivity index is 0.000000720. The van der Waals surface area contributed by atoms with Gasteiger partial charge in [-0.3, -0.25) is 4.79 Å². The molecule has 0 aliphatic carbocycles. The lowest BCUT2D eigenvalue weighted by atomic mass is 10.1. The SMILES string of the molecule is C=C1NC(=O)c2ccccc21.Cl. The van der Waals surface area contributed by atoms with Crippen molar-refractivity contribution in [2.45, 2.75) is 0 Å². The van der Waals surface area contributed by atoms with E-state index in [-0.39, 0.29) is 18.3 Å². The summed E-state index contributed by atoms with van der Waals surface area (Å²) in [7, 11) is 0. The van der Waals surface area contributed by atoms with E-state index in [1.165, 1.54) is 0 Å². The smallest absolute Gasteiger partial charge is 0.256 e. The molecule has 0 spiro atoms. The average Bonchev–Trinajstić information content (AvgIpc) is 2.30. The summed E-state index contributed by atoms with van der Waals surface area (Å²) in [4.78, 5) is 11.1. The molecule has 2 rings (SSSR count). The van der Waals surface area contributed by atoms with Crippen LogP contribution in [0.4, 0.5) is 0 Å². The fourth-order valence-electron chi connectivity index (χ4n) is 1.22. The predicted octanol–water partition coefficient (Wildman–Crippen LogP) is 1.82. The van der Waals surface area contributed by atoms with Gasteiger partial charge in [-0.05, 0) is 6.07 Å². The van der Waals surface area contributed by atoms with Crippen LogP contribution in [0.2, 0.25) is 0 Å². The number of carbonyl (C=O) groups is 1. The van der Waals surface area contributed by atoms with E-state index in [0.29, 0.717) is 5.70 Å². The van der Waals surface area contributed by atoms with Gasteiger partial charge < -0.3 is 5.32 Å². The molecule has 0 radical (unpaired) electrons. The number of hydrogen-bond acceptors (Lipinski definition) is 1. The van der Waals surface area contributed by atoms with Gasteiger partial charge in [-0.15, -0.1) is 12.4 Å². The fraction of sp³-hybridized carbons (Fsp3) is 0. The molecule has 0 bridgehead atoms. The Bertz CT molecular complexity index is 313. The monoisotopic (exact) mass is 181 g/mol. The minimum Gasteiger partial charge on any atom is -0.322 e. The summed E-state index contributed by atoms with van der Waals surface area (Å²) in [6.45, 7) is 3.71. The third-order valence-corrected chi connectivity index (χ3v) is 1.76. The van der Waals surface area contributed by atoms with Crippen molar-refractivity contribution in [2.24, 2.45) is 0 Å². The highest BCUT2D eigenvalue weighted by atomic mass is 35.5. The van der Waals surface area contributed by atoms with Crippen molar-refractivity contribution in [2.75, 3.05) is 0 Å². The average molecular weight is 182 g/mol. The van der Waals surface area contributed by atoms with Gasteiger partial charge in [0.25, 0.3) is 5.91 Å². The number of nitrogens with one attached hydrogen (secondary N) is 1.